The minimum Gasteiger partial charge on any atom is -0.310 e. The van der Waals surface area contributed by atoms with E-state index in [0.29, 0.717) is 5.16 Å². The molecule has 0 spiro atoms. The van der Waals surface area contributed by atoms with Crippen LogP contribution in [0.1, 0.15) is 25.5 Å². The minimum absolute atomic E-state index is 0.0735. The van der Waals surface area contributed by atoms with Crippen molar-refractivity contribution in [1.29, 1.82) is 0 Å². The molecule has 1 aromatic carbocycles. The van der Waals surface area contributed by atoms with Crippen molar-refractivity contribution >= 4 is 11.8 Å². The number of nitrogens with one attached hydrogen (secondary N) is 1. The van der Waals surface area contributed by atoms with Crippen LogP contribution in [0.3, 0.4) is 0 Å². The summed E-state index contributed by atoms with van der Waals surface area (Å²) < 4.78 is 15.0. The Morgan fingerprint density at radius 1 is 1.47 bits per heavy atom. The second-order valence-electron chi connectivity index (χ2n) is 4.15. The summed E-state index contributed by atoms with van der Waals surface area (Å²) in [5.74, 6) is -0.236. The Balaban J connectivity index is 2.31. The summed E-state index contributed by atoms with van der Waals surface area (Å²) in [6.45, 7) is 4.86. The average Bonchev–Trinajstić information content (AvgIpc) is 2.77. The number of nitrogens with zero attached hydrogens (tertiary/aromatic N) is 4. The molecular formula is C12H16FN5S. The fourth-order valence-electron chi connectivity index (χ4n) is 1.77. The van der Waals surface area contributed by atoms with Crippen LogP contribution in [-0.2, 0) is 7.05 Å². The van der Waals surface area contributed by atoms with Gasteiger partial charge in [-0.1, -0.05) is 6.92 Å². The maximum atomic E-state index is 13.4. The van der Waals surface area contributed by atoms with Gasteiger partial charge in [-0.15, -0.1) is 5.10 Å². The Bertz CT molecular complexity index is 557. The third-order valence-corrected chi connectivity index (χ3v) is 3.85. The molecule has 0 saturated heterocycles. The van der Waals surface area contributed by atoms with E-state index < -0.39 is 0 Å². The van der Waals surface area contributed by atoms with Crippen LogP contribution < -0.4 is 5.32 Å². The molecular weight excluding hydrogens is 265 g/mol. The molecule has 1 unspecified atom stereocenters. The van der Waals surface area contributed by atoms with Crippen molar-refractivity contribution < 1.29 is 4.39 Å². The topological polar surface area (TPSA) is 55.6 Å². The summed E-state index contributed by atoms with van der Waals surface area (Å²) in [5.41, 5.74) is 0.912. The Hall–Kier alpha value is -1.47. The standard InChI is InChI=1S/C12H16FN5S/c1-4-14-8(2)10-7-9(13)5-6-11(10)19-12-15-16-17-18(12)3/h5-8,14H,4H2,1-3H3. The molecule has 0 amide bonds. The molecule has 0 bridgehead atoms. The molecule has 2 rings (SSSR count). The first-order valence-electron chi connectivity index (χ1n) is 6.05. The Morgan fingerprint density at radius 2 is 2.26 bits per heavy atom. The number of halogens is 1. The van der Waals surface area contributed by atoms with Crippen molar-refractivity contribution in [2.24, 2.45) is 7.05 Å². The Kier molecular flexibility index (Phi) is 4.49. The molecule has 1 heterocycles. The Labute approximate surface area is 115 Å². The maximum Gasteiger partial charge on any atom is 0.213 e. The SMILES string of the molecule is CCNC(C)c1cc(F)ccc1Sc1nnnn1C. The second kappa shape index (κ2) is 6.12. The van der Waals surface area contributed by atoms with Gasteiger partial charge in [0.25, 0.3) is 0 Å². The van der Waals surface area contributed by atoms with Crippen LogP contribution in [0, 0.1) is 5.82 Å². The van der Waals surface area contributed by atoms with Crippen LogP contribution in [0.15, 0.2) is 28.3 Å². The van der Waals surface area contributed by atoms with Gasteiger partial charge in [-0.05, 0) is 59.4 Å². The van der Waals surface area contributed by atoms with Crippen molar-refractivity contribution in [2.45, 2.75) is 29.9 Å². The lowest BCUT2D eigenvalue weighted by molar-refractivity contribution is 0.574. The number of aryl methyl sites for hydroxylation is 1. The van der Waals surface area contributed by atoms with E-state index in [0.717, 1.165) is 17.0 Å². The zero-order valence-electron chi connectivity index (χ0n) is 11.1. The van der Waals surface area contributed by atoms with Gasteiger partial charge in [0.2, 0.25) is 5.16 Å². The number of hydrogen-bond donors (Lipinski definition) is 1. The highest BCUT2D eigenvalue weighted by Gasteiger charge is 2.14. The smallest absolute Gasteiger partial charge is 0.213 e. The molecule has 0 aliphatic heterocycles. The zero-order valence-corrected chi connectivity index (χ0v) is 11.9. The first-order chi connectivity index (χ1) is 9.11. The lowest BCUT2D eigenvalue weighted by Crippen LogP contribution is -2.18. The van der Waals surface area contributed by atoms with E-state index in [4.69, 9.17) is 0 Å². The largest absolute Gasteiger partial charge is 0.310 e. The first kappa shape index (κ1) is 14.0. The summed E-state index contributed by atoms with van der Waals surface area (Å²) in [6.07, 6.45) is 0. The van der Waals surface area contributed by atoms with Crippen LogP contribution in [0.5, 0.6) is 0 Å². The number of aromatic nitrogens is 4. The third kappa shape index (κ3) is 3.30. The monoisotopic (exact) mass is 281 g/mol. The summed E-state index contributed by atoms with van der Waals surface area (Å²) in [7, 11) is 1.78. The maximum absolute atomic E-state index is 13.4. The molecule has 0 radical (unpaired) electrons. The fraction of sp³-hybridized carbons (Fsp3) is 0.417. The average molecular weight is 281 g/mol. The van der Waals surface area contributed by atoms with Crippen LogP contribution in [0.25, 0.3) is 0 Å². The number of rotatable bonds is 5. The number of benzene rings is 1. The van der Waals surface area contributed by atoms with E-state index in [1.165, 1.54) is 17.8 Å². The molecule has 102 valence electrons. The van der Waals surface area contributed by atoms with E-state index in [2.05, 4.69) is 20.8 Å². The predicted octanol–water partition coefficient (Wildman–Crippen LogP) is 2.17. The van der Waals surface area contributed by atoms with Gasteiger partial charge in [0, 0.05) is 18.0 Å². The highest BCUT2D eigenvalue weighted by molar-refractivity contribution is 7.99. The summed E-state index contributed by atoms with van der Waals surface area (Å²) in [6, 6.07) is 4.84. The van der Waals surface area contributed by atoms with Gasteiger partial charge >= 0.3 is 0 Å². The molecule has 0 fully saturated rings. The van der Waals surface area contributed by atoms with Crippen LogP contribution in [0.4, 0.5) is 4.39 Å². The quantitative estimate of drug-likeness (QED) is 0.910. The molecule has 0 aliphatic carbocycles. The van der Waals surface area contributed by atoms with E-state index in [1.54, 1.807) is 23.9 Å². The highest BCUT2D eigenvalue weighted by Crippen LogP contribution is 2.32. The van der Waals surface area contributed by atoms with Gasteiger partial charge in [-0.25, -0.2) is 9.07 Å². The number of tetrazole rings is 1. The minimum atomic E-state index is -0.236. The third-order valence-electron chi connectivity index (χ3n) is 2.73. The molecule has 2 aromatic rings. The van der Waals surface area contributed by atoms with Crippen molar-refractivity contribution in [1.82, 2.24) is 25.5 Å². The molecule has 1 atom stereocenters. The molecule has 7 heteroatoms. The fourth-order valence-corrected chi connectivity index (χ4v) is 2.71. The van der Waals surface area contributed by atoms with E-state index in [-0.39, 0.29) is 11.9 Å². The zero-order chi connectivity index (χ0) is 13.8. The number of hydrogen-bond acceptors (Lipinski definition) is 5. The van der Waals surface area contributed by atoms with E-state index in [9.17, 15) is 4.39 Å². The van der Waals surface area contributed by atoms with Gasteiger partial charge in [0.05, 0.1) is 0 Å². The summed E-state index contributed by atoms with van der Waals surface area (Å²) in [4.78, 5) is 0.952. The molecule has 1 aromatic heterocycles. The van der Waals surface area contributed by atoms with Gasteiger partial charge < -0.3 is 5.32 Å². The van der Waals surface area contributed by atoms with Gasteiger partial charge in [-0.2, -0.15) is 0 Å². The van der Waals surface area contributed by atoms with E-state index in [1.807, 2.05) is 13.8 Å². The molecule has 0 saturated carbocycles. The molecule has 0 aliphatic rings. The normalized spacial score (nSPS) is 12.6. The molecule has 1 N–H and O–H groups in total. The second-order valence-corrected chi connectivity index (χ2v) is 5.16. The van der Waals surface area contributed by atoms with Gasteiger partial charge in [0.1, 0.15) is 5.82 Å². The first-order valence-corrected chi connectivity index (χ1v) is 6.86. The molecule has 19 heavy (non-hydrogen) atoms. The van der Waals surface area contributed by atoms with Crippen LogP contribution in [0.2, 0.25) is 0 Å². The Morgan fingerprint density at radius 3 is 2.89 bits per heavy atom. The summed E-state index contributed by atoms with van der Waals surface area (Å²) in [5, 5.41) is 15.3. The van der Waals surface area contributed by atoms with E-state index >= 15 is 0 Å². The summed E-state index contributed by atoms with van der Waals surface area (Å²) >= 11 is 1.43. The lowest BCUT2D eigenvalue weighted by Gasteiger charge is -2.16. The van der Waals surface area contributed by atoms with Crippen molar-refractivity contribution in [3.8, 4) is 0 Å². The van der Waals surface area contributed by atoms with Crippen molar-refractivity contribution in [3.63, 3.8) is 0 Å². The van der Waals surface area contributed by atoms with Crippen LogP contribution >= 0.6 is 11.8 Å². The molecule has 5 nitrogen and oxygen atoms in total. The van der Waals surface area contributed by atoms with Gasteiger partial charge in [-0.3, -0.25) is 0 Å². The lowest BCUT2D eigenvalue weighted by atomic mass is 10.1. The highest BCUT2D eigenvalue weighted by atomic mass is 32.2. The van der Waals surface area contributed by atoms with Crippen molar-refractivity contribution in [3.05, 3.63) is 29.6 Å². The van der Waals surface area contributed by atoms with Gasteiger partial charge in [0.15, 0.2) is 0 Å². The van der Waals surface area contributed by atoms with Crippen LogP contribution in [-0.4, -0.2) is 26.8 Å². The predicted molar refractivity (Wildman–Crippen MR) is 71.4 cm³/mol. The van der Waals surface area contributed by atoms with Crippen molar-refractivity contribution in [2.75, 3.05) is 6.54 Å².